The van der Waals surface area contributed by atoms with E-state index in [1.807, 2.05) is 24.3 Å². The van der Waals surface area contributed by atoms with Gasteiger partial charge in [-0.05, 0) is 37.0 Å². The minimum absolute atomic E-state index is 0.0332. The first-order chi connectivity index (χ1) is 13.1. The predicted octanol–water partition coefficient (Wildman–Crippen LogP) is 2.14. The molecule has 27 heavy (non-hydrogen) atoms. The van der Waals surface area contributed by atoms with Gasteiger partial charge in [0.1, 0.15) is 0 Å². The second-order valence-corrected chi connectivity index (χ2v) is 7.06. The topological polar surface area (TPSA) is 61.4 Å². The smallest absolute Gasteiger partial charge is 0.251 e. The van der Waals surface area contributed by atoms with Crippen molar-refractivity contribution in [3.63, 3.8) is 0 Å². The number of carbonyl (C=O) groups excluding carboxylic acids is 2. The largest absolute Gasteiger partial charge is 0.354 e. The summed E-state index contributed by atoms with van der Waals surface area (Å²) in [5, 5.41) is 5.84. The number of aryl methyl sites for hydroxylation is 1. The molecule has 5 heteroatoms. The van der Waals surface area contributed by atoms with Gasteiger partial charge in [0.25, 0.3) is 5.91 Å². The van der Waals surface area contributed by atoms with Gasteiger partial charge in [0.15, 0.2) is 0 Å². The summed E-state index contributed by atoms with van der Waals surface area (Å²) in [6.07, 6.45) is 1.58. The molecule has 0 aliphatic carbocycles. The van der Waals surface area contributed by atoms with Crippen LogP contribution in [0.3, 0.4) is 0 Å². The minimum atomic E-state index is -0.0332. The summed E-state index contributed by atoms with van der Waals surface area (Å²) in [4.78, 5) is 26.1. The third-order valence-electron chi connectivity index (χ3n) is 4.83. The van der Waals surface area contributed by atoms with Gasteiger partial charge in [0.2, 0.25) is 5.91 Å². The lowest BCUT2D eigenvalue weighted by Gasteiger charge is -2.26. The lowest BCUT2D eigenvalue weighted by molar-refractivity contribution is -0.124. The number of benzene rings is 2. The second kappa shape index (κ2) is 9.33. The van der Waals surface area contributed by atoms with E-state index in [1.165, 1.54) is 11.1 Å². The van der Waals surface area contributed by atoms with E-state index < -0.39 is 0 Å². The first-order valence-corrected chi connectivity index (χ1v) is 9.52. The van der Waals surface area contributed by atoms with Crippen LogP contribution in [0.5, 0.6) is 0 Å². The van der Waals surface area contributed by atoms with Crippen LogP contribution in [0.4, 0.5) is 0 Å². The summed E-state index contributed by atoms with van der Waals surface area (Å²) < 4.78 is 0. The van der Waals surface area contributed by atoms with E-state index >= 15 is 0 Å². The maximum atomic E-state index is 12.6. The Morgan fingerprint density at radius 1 is 1.15 bits per heavy atom. The number of piperazine rings is 1. The molecule has 2 aromatic rings. The number of amides is 2. The molecule has 0 unspecified atom stereocenters. The molecule has 1 aliphatic rings. The van der Waals surface area contributed by atoms with Gasteiger partial charge in [-0.15, -0.1) is 0 Å². The number of rotatable bonds is 7. The molecule has 2 N–H and O–H groups in total. The molecular formula is C22H27N3O2. The molecule has 2 amide bonds. The number of hydrogen-bond acceptors (Lipinski definition) is 3. The quantitative estimate of drug-likeness (QED) is 0.739. The van der Waals surface area contributed by atoms with Crippen LogP contribution in [0.15, 0.2) is 48.5 Å². The molecule has 0 aromatic heterocycles. The van der Waals surface area contributed by atoms with Crippen molar-refractivity contribution in [2.75, 3.05) is 32.7 Å². The van der Waals surface area contributed by atoms with Crippen molar-refractivity contribution in [2.24, 2.45) is 0 Å². The van der Waals surface area contributed by atoms with Crippen molar-refractivity contribution in [3.05, 3.63) is 70.8 Å². The number of nitrogens with zero attached hydrogens (tertiary/aromatic N) is 1. The van der Waals surface area contributed by atoms with E-state index in [9.17, 15) is 9.59 Å². The molecule has 0 spiro atoms. The zero-order valence-electron chi connectivity index (χ0n) is 15.8. The molecule has 1 fully saturated rings. The predicted molar refractivity (Wildman–Crippen MR) is 107 cm³/mol. The van der Waals surface area contributed by atoms with E-state index in [1.54, 1.807) is 0 Å². The minimum Gasteiger partial charge on any atom is -0.354 e. The summed E-state index contributed by atoms with van der Waals surface area (Å²) >= 11 is 0. The molecule has 1 heterocycles. The molecule has 1 aliphatic heterocycles. The van der Waals surface area contributed by atoms with E-state index in [-0.39, 0.29) is 11.8 Å². The van der Waals surface area contributed by atoms with Crippen LogP contribution in [0.2, 0.25) is 0 Å². The van der Waals surface area contributed by atoms with Gasteiger partial charge in [-0.2, -0.15) is 0 Å². The Morgan fingerprint density at radius 2 is 1.93 bits per heavy atom. The van der Waals surface area contributed by atoms with Gasteiger partial charge in [0.05, 0.1) is 6.54 Å². The van der Waals surface area contributed by atoms with Crippen molar-refractivity contribution < 1.29 is 9.59 Å². The van der Waals surface area contributed by atoms with Crippen LogP contribution < -0.4 is 10.6 Å². The third-order valence-corrected chi connectivity index (χ3v) is 4.83. The first-order valence-electron chi connectivity index (χ1n) is 9.52. The Morgan fingerprint density at radius 3 is 2.70 bits per heavy atom. The Kier molecular flexibility index (Phi) is 6.60. The average molecular weight is 365 g/mol. The first kappa shape index (κ1) is 19.1. The SMILES string of the molecule is Cc1ccc(Cc2ccccc2C(=O)NCCCN2CCNC(=O)C2)cc1. The molecule has 5 nitrogen and oxygen atoms in total. The van der Waals surface area contributed by atoms with Gasteiger partial charge in [-0.3, -0.25) is 14.5 Å². The van der Waals surface area contributed by atoms with E-state index in [0.29, 0.717) is 19.6 Å². The Labute approximate surface area is 160 Å². The van der Waals surface area contributed by atoms with Gasteiger partial charge >= 0.3 is 0 Å². The fourth-order valence-corrected chi connectivity index (χ4v) is 3.30. The maximum absolute atomic E-state index is 12.6. The second-order valence-electron chi connectivity index (χ2n) is 7.06. The number of hydrogen-bond donors (Lipinski definition) is 2. The molecule has 0 radical (unpaired) electrons. The lowest BCUT2D eigenvalue weighted by Crippen LogP contribution is -2.48. The summed E-state index contributed by atoms with van der Waals surface area (Å²) in [7, 11) is 0. The van der Waals surface area contributed by atoms with Crippen LogP contribution in [0.25, 0.3) is 0 Å². The van der Waals surface area contributed by atoms with Gasteiger partial charge in [0, 0.05) is 31.7 Å². The van der Waals surface area contributed by atoms with Gasteiger partial charge in [-0.1, -0.05) is 48.0 Å². The zero-order valence-corrected chi connectivity index (χ0v) is 15.8. The van der Waals surface area contributed by atoms with Crippen molar-refractivity contribution in [1.29, 1.82) is 0 Å². The summed E-state index contributed by atoms with van der Waals surface area (Å²) in [5.41, 5.74) is 4.20. The number of nitrogens with one attached hydrogen (secondary N) is 2. The van der Waals surface area contributed by atoms with Crippen LogP contribution in [0.1, 0.15) is 33.5 Å². The maximum Gasteiger partial charge on any atom is 0.251 e. The highest BCUT2D eigenvalue weighted by molar-refractivity contribution is 5.95. The fraction of sp³-hybridized carbons (Fsp3) is 0.364. The van der Waals surface area contributed by atoms with Crippen molar-refractivity contribution in [3.8, 4) is 0 Å². The van der Waals surface area contributed by atoms with Crippen LogP contribution in [0, 0.1) is 6.92 Å². The van der Waals surface area contributed by atoms with Gasteiger partial charge < -0.3 is 10.6 Å². The van der Waals surface area contributed by atoms with E-state index in [2.05, 4.69) is 46.7 Å². The van der Waals surface area contributed by atoms with Crippen LogP contribution in [-0.2, 0) is 11.2 Å². The number of carbonyl (C=O) groups is 2. The van der Waals surface area contributed by atoms with Crippen molar-refractivity contribution in [2.45, 2.75) is 19.8 Å². The Hall–Kier alpha value is -2.66. The van der Waals surface area contributed by atoms with Crippen molar-refractivity contribution in [1.82, 2.24) is 15.5 Å². The highest BCUT2D eigenvalue weighted by Crippen LogP contribution is 2.15. The summed E-state index contributed by atoms with van der Waals surface area (Å²) in [6.45, 7) is 5.53. The standard InChI is InChI=1S/C22H27N3O2/c1-17-7-9-18(10-8-17)15-19-5-2-3-6-20(19)22(27)24-11-4-13-25-14-12-23-21(26)16-25/h2-3,5-10H,4,11-16H2,1H3,(H,23,26)(H,24,27). The Bertz CT molecular complexity index is 786. The van der Waals surface area contributed by atoms with E-state index in [0.717, 1.165) is 37.1 Å². The molecule has 1 saturated heterocycles. The molecule has 0 bridgehead atoms. The normalized spacial score (nSPS) is 14.6. The lowest BCUT2D eigenvalue weighted by atomic mass is 9.98. The highest BCUT2D eigenvalue weighted by Gasteiger charge is 2.15. The molecule has 3 rings (SSSR count). The van der Waals surface area contributed by atoms with Crippen LogP contribution in [-0.4, -0.2) is 49.4 Å². The van der Waals surface area contributed by atoms with Crippen LogP contribution >= 0.6 is 0 Å². The summed E-state index contributed by atoms with van der Waals surface area (Å²) in [5.74, 6) is 0.0458. The summed E-state index contributed by atoms with van der Waals surface area (Å²) in [6, 6.07) is 16.2. The molecule has 0 atom stereocenters. The zero-order chi connectivity index (χ0) is 19.1. The molecule has 142 valence electrons. The third kappa shape index (κ3) is 5.66. The van der Waals surface area contributed by atoms with E-state index in [4.69, 9.17) is 0 Å². The Balaban J connectivity index is 1.52. The molecular weight excluding hydrogens is 338 g/mol. The molecule has 0 saturated carbocycles. The van der Waals surface area contributed by atoms with Gasteiger partial charge in [-0.25, -0.2) is 0 Å². The average Bonchev–Trinajstić information content (AvgIpc) is 2.67. The fourth-order valence-electron chi connectivity index (χ4n) is 3.30. The van der Waals surface area contributed by atoms with Crippen molar-refractivity contribution >= 4 is 11.8 Å². The highest BCUT2D eigenvalue weighted by atomic mass is 16.2. The monoisotopic (exact) mass is 365 g/mol. The molecule has 2 aromatic carbocycles.